The fourth-order valence-corrected chi connectivity index (χ4v) is 2.27. The van der Waals surface area contributed by atoms with Gasteiger partial charge in [-0.2, -0.15) is 0 Å². The SMILES string of the molecule is NCCc1cc(C(=O)O)c2cc3c(cc2n1)OCCO3. The van der Waals surface area contributed by atoms with Gasteiger partial charge in [0, 0.05) is 23.6 Å². The number of aromatic carboxylic acids is 1. The minimum absolute atomic E-state index is 0.204. The first-order chi connectivity index (χ1) is 9.69. The predicted molar refractivity (Wildman–Crippen MR) is 72.5 cm³/mol. The molecule has 0 amide bonds. The highest BCUT2D eigenvalue weighted by Crippen LogP contribution is 2.35. The first-order valence-electron chi connectivity index (χ1n) is 6.35. The van der Waals surface area contributed by atoms with Crippen LogP contribution in [-0.2, 0) is 6.42 Å². The molecular weight excluding hydrogens is 260 g/mol. The Balaban J connectivity index is 2.24. The maximum atomic E-state index is 11.4. The van der Waals surface area contributed by atoms with Gasteiger partial charge in [-0.3, -0.25) is 4.98 Å². The molecule has 1 aliphatic rings. The van der Waals surface area contributed by atoms with Gasteiger partial charge in [0.15, 0.2) is 11.5 Å². The molecule has 1 aliphatic heterocycles. The Morgan fingerprint density at radius 2 is 1.95 bits per heavy atom. The molecule has 0 unspecified atom stereocenters. The molecule has 0 spiro atoms. The van der Waals surface area contributed by atoms with Gasteiger partial charge in [0.05, 0.1) is 11.1 Å². The molecular formula is C14H14N2O4. The fourth-order valence-electron chi connectivity index (χ4n) is 2.27. The van der Waals surface area contributed by atoms with Crippen LogP contribution in [0.4, 0.5) is 0 Å². The minimum Gasteiger partial charge on any atom is -0.486 e. The van der Waals surface area contributed by atoms with Crippen molar-refractivity contribution in [3.05, 3.63) is 29.5 Å². The van der Waals surface area contributed by atoms with E-state index in [0.717, 1.165) is 0 Å². The maximum absolute atomic E-state index is 11.4. The molecule has 0 radical (unpaired) electrons. The van der Waals surface area contributed by atoms with Gasteiger partial charge in [0.25, 0.3) is 0 Å². The molecule has 2 heterocycles. The Hall–Kier alpha value is -2.34. The quantitative estimate of drug-likeness (QED) is 0.873. The van der Waals surface area contributed by atoms with Crippen LogP contribution in [0.15, 0.2) is 18.2 Å². The van der Waals surface area contributed by atoms with E-state index in [1.165, 1.54) is 0 Å². The normalized spacial score (nSPS) is 13.4. The van der Waals surface area contributed by atoms with Crippen LogP contribution in [0.25, 0.3) is 10.9 Å². The molecule has 6 nitrogen and oxygen atoms in total. The molecule has 3 N–H and O–H groups in total. The fraction of sp³-hybridized carbons (Fsp3) is 0.286. The van der Waals surface area contributed by atoms with E-state index in [1.807, 2.05) is 0 Å². The highest BCUT2D eigenvalue weighted by atomic mass is 16.6. The lowest BCUT2D eigenvalue weighted by atomic mass is 10.1. The molecule has 0 aliphatic carbocycles. The van der Waals surface area contributed by atoms with Crippen LogP contribution >= 0.6 is 0 Å². The molecule has 2 aromatic rings. The number of carboxylic acid groups (broad SMARTS) is 1. The zero-order valence-electron chi connectivity index (χ0n) is 10.8. The Morgan fingerprint density at radius 3 is 2.60 bits per heavy atom. The highest BCUT2D eigenvalue weighted by Gasteiger charge is 2.18. The summed E-state index contributed by atoms with van der Waals surface area (Å²) in [5.74, 6) is 0.157. The van der Waals surface area contributed by atoms with E-state index < -0.39 is 5.97 Å². The lowest BCUT2D eigenvalue weighted by molar-refractivity contribution is 0.0699. The molecule has 0 atom stereocenters. The lowest BCUT2D eigenvalue weighted by Gasteiger charge is -2.19. The second-order valence-corrected chi connectivity index (χ2v) is 4.52. The minimum atomic E-state index is -0.993. The van der Waals surface area contributed by atoms with Crippen LogP contribution in [-0.4, -0.2) is 35.8 Å². The zero-order valence-corrected chi connectivity index (χ0v) is 10.8. The number of aromatic nitrogens is 1. The van der Waals surface area contributed by atoms with E-state index in [1.54, 1.807) is 18.2 Å². The molecule has 0 bridgehead atoms. The van der Waals surface area contributed by atoms with Crippen molar-refractivity contribution in [1.29, 1.82) is 0 Å². The number of benzene rings is 1. The van der Waals surface area contributed by atoms with Crippen molar-refractivity contribution in [1.82, 2.24) is 4.98 Å². The third-order valence-electron chi connectivity index (χ3n) is 3.16. The molecule has 0 fully saturated rings. The van der Waals surface area contributed by atoms with Crippen LogP contribution in [0.1, 0.15) is 16.1 Å². The maximum Gasteiger partial charge on any atom is 0.336 e. The van der Waals surface area contributed by atoms with Crippen LogP contribution in [0.3, 0.4) is 0 Å². The van der Waals surface area contributed by atoms with Crippen molar-refractivity contribution in [2.75, 3.05) is 19.8 Å². The number of carbonyl (C=O) groups is 1. The zero-order chi connectivity index (χ0) is 14.1. The summed E-state index contributed by atoms with van der Waals surface area (Å²) >= 11 is 0. The van der Waals surface area contributed by atoms with Gasteiger partial charge < -0.3 is 20.3 Å². The van der Waals surface area contributed by atoms with Gasteiger partial charge in [-0.25, -0.2) is 4.79 Å². The van der Waals surface area contributed by atoms with E-state index in [2.05, 4.69) is 4.98 Å². The molecule has 0 saturated heterocycles. The van der Waals surface area contributed by atoms with Crippen LogP contribution < -0.4 is 15.2 Å². The number of ether oxygens (including phenoxy) is 2. The van der Waals surface area contributed by atoms with Gasteiger partial charge >= 0.3 is 5.97 Å². The Bertz CT molecular complexity index is 684. The van der Waals surface area contributed by atoms with Gasteiger partial charge in [0.1, 0.15) is 13.2 Å². The number of pyridine rings is 1. The molecule has 0 saturated carbocycles. The Kier molecular flexibility index (Phi) is 3.15. The summed E-state index contributed by atoms with van der Waals surface area (Å²) in [5, 5.41) is 9.89. The van der Waals surface area contributed by atoms with Crippen LogP contribution in [0, 0.1) is 0 Å². The smallest absolute Gasteiger partial charge is 0.336 e. The predicted octanol–water partition coefficient (Wildman–Crippen LogP) is 1.21. The summed E-state index contributed by atoms with van der Waals surface area (Å²) in [6, 6.07) is 4.95. The summed E-state index contributed by atoms with van der Waals surface area (Å²) < 4.78 is 11.0. The van der Waals surface area contributed by atoms with Gasteiger partial charge in [-0.15, -0.1) is 0 Å². The van der Waals surface area contributed by atoms with Crippen LogP contribution in [0.2, 0.25) is 0 Å². The van der Waals surface area contributed by atoms with E-state index in [0.29, 0.717) is 54.3 Å². The molecule has 1 aromatic heterocycles. The average Bonchev–Trinajstić information content (AvgIpc) is 2.44. The standard InChI is InChI=1S/C14H14N2O4/c15-2-1-8-5-10(14(17)18)9-6-12-13(7-11(9)16-8)20-4-3-19-12/h5-7H,1-4,15H2,(H,17,18). The van der Waals surface area contributed by atoms with E-state index in [-0.39, 0.29) is 5.56 Å². The number of rotatable bonds is 3. The molecule has 1 aromatic carbocycles. The topological polar surface area (TPSA) is 94.7 Å². The third kappa shape index (κ3) is 2.14. The first-order valence-corrected chi connectivity index (χ1v) is 6.35. The first kappa shape index (κ1) is 12.7. The number of fused-ring (bicyclic) bond motifs is 2. The summed E-state index contributed by atoms with van der Waals surface area (Å²) in [4.78, 5) is 15.8. The molecule has 3 rings (SSSR count). The number of hydrogen-bond acceptors (Lipinski definition) is 5. The monoisotopic (exact) mass is 274 g/mol. The van der Waals surface area contributed by atoms with Crippen LogP contribution in [0.5, 0.6) is 11.5 Å². The van der Waals surface area contributed by atoms with Gasteiger partial charge in [0.2, 0.25) is 0 Å². The number of nitrogens with two attached hydrogens (primary N) is 1. The third-order valence-corrected chi connectivity index (χ3v) is 3.16. The highest BCUT2D eigenvalue weighted by molar-refractivity contribution is 6.03. The average molecular weight is 274 g/mol. The van der Waals surface area contributed by atoms with Crippen molar-refractivity contribution in [3.8, 4) is 11.5 Å². The molecule has 20 heavy (non-hydrogen) atoms. The number of carboxylic acids is 1. The van der Waals surface area contributed by atoms with Crippen molar-refractivity contribution in [3.63, 3.8) is 0 Å². The van der Waals surface area contributed by atoms with E-state index >= 15 is 0 Å². The second-order valence-electron chi connectivity index (χ2n) is 4.52. The van der Waals surface area contributed by atoms with E-state index in [4.69, 9.17) is 15.2 Å². The second kappa shape index (κ2) is 4.97. The number of hydrogen-bond donors (Lipinski definition) is 2. The van der Waals surface area contributed by atoms with E-state index in [9.17, 15) is 9.90 Å². The van der Waals surface area contributed by atoms with Crippen molar-refractivity contribution < 1.29 is 19.4 Å². The van der Waals surface area contributed by atoms with Crippen molar-refractivity contribution >= 4 is 16.9 Å². The Labute approximate surface area is 115 Å². The Morgan fingerprint density at radius 1 is 1.25 bits per heavy atom. The van der Waals surface area contributed by atoms with Gasteiger partial charge in [-0.05, 0) is 18.7 Å². The molecule has 6 heteroatoms. The summed E-state index contributed by atoms with van der Waals surface area (Å²) in [6.45, 7) is 1.36. The summed E-state index contributed by atoms with van der Waals surface area (Å²) in [6.07, 6.45) is 0.532. The number of nitrogens with zero attached hydrogens (tertiary/aromatic N) is 1. The van der Waals surface area contributed by atoms with Crippen molar-refractivity contribution in [2.24, 2.45) is 5.73 Å². The summed E-state index contributed by atoms with van der Waals surface area (Å²) in [7, 11) is 0. The lowest BCUT2D eigenvalue weighted by Crippen LogP contribution is -2.15. The van der Waals surface area contributed by atoms with Gasteiger partial charge in [-0.1, -0.05) is 0 Å². The largest absolute Gasteiger partial charge is 0.486 e. The summed E-state index contributed by atoms with van der Waals surface area (Å²) in [5.41, 5.74) is 6.96. The van der Waals surface area contributed by atoms with Crippen molar-refractivity contribution in [2.45, 2.75) is 6.42 Å². The molecule has 104 valence electrons.